The maximum absolute atomic E-state index is 12.4. The fraction of sp³-hybridized carbons (Fsp3) is 0.357. The predicted octanol–water partition coefficient (Wildman–Crippen LogP) is 2.73. The fourth-order valence-corrected chi connectivity index (χ4v) is 2.10. The van der Waals surface area contributed by atoms with Gasteiger partial charge >= 0.3 is 0 Å². The smallest absolute Gasteiger partial charge is 0.187 e. The van der Waals surface area contributed by atoms with Gasteiger partial charge in [-0.25, -0.2) is 9.67 Å². The van der Waals surface area contributed by atoms with E-state index in [1.165, 1.54) is 0 Å². The normalized spacial score (nSPS) is 12.4. The molecule has 0 radical (unpaired) electrons. The first-order valence-corrected chi connectivity index (χ1v) is 6.12. The van der Waals surface area contributed by atoms with E-state index < -0.39 is 0 Å². The Hall–Kier alpha value is -1.97. The van der Waals surface area contributed by atoms with Gasteiger partial charge in [0, 0.05) is 5.56 Å². The maximum atomic E-state index is 12.4. The summed E-state index contributed by atoms with van der Waals surface area (Å²) in [7, 11) is 0. The summed E-state index contributed by atoms with van der Waals surface area (Å²) in [5, 5.41) is 4.31. The highest BCUT2D eigenvalue weighted by Gasteiger charge is 2.22. The zero-order valence-corrected chi connectivity index (χ0v) is 10.9. The molecule has 0 amide bonds. The first-order valence-electron chi connectivity index (χ1n) is 6.12. The summed E-state index contributed by atoms with van der Waals surface area (Å²) < 4.78 is 1.73. The number of aryl methyl sites for hydroxylation is 2. The SMILES string of the molecule is CCC(C(=O)c1ccccc1)n1nc(C)nc1C. The van der Waals surface area contributed by atoms with Crippen LogP contribution in [0.4, 0.5) is 0 Å². The quantitative estimate of drug-likeness (QED) is 0.776. The van der Waals surface area contributed by atoms with Crippen LogP contribution in [0.15, 0.2) is 30.3 Å². The molecular formula is C14H17N3O. The number of aromatic nitrogens is 3. The molecule has 1 heterocycles. The number of Topliss-reactive ketones (excluding diaryl/α,β-unsaturated/α-hetero) is 1. The Bertz CT molecular complexity index is 545. The summed E-state index contributed by atoms with van der Waals surface area (Å²) in [5.41, 5.74) is 0.719. The van der Waals surface area contributed by atoms with Gasteiger partial charge in [-0.3, -0.25) is 4.79 Å². The van der Waals surface area contributed by atoms with Gasteiger partial charge in [0.25, 0.3) is 0 Å². The van der Waals surface area contributed by atoms with Gasteiger partial charge in [-0.05, 0) is 20.3 Å². The summed E-state index contributed by atoms with van der Waals surface area (Å²) in [6.45, 7) is 5.70. The molecule has 18 heavy (non-hydrogen) atoms. The summed E-state index contributed by atoms with van der Waals surface area (Å²) in [6.07, 6.45) is 0.706. The second-order valence-electron chi connectivity index (χ2n) is 4.31. The van der Waals surface area contributed by atoms with E-state index in [0.29, 0.717) is 12.2 Å². The van der Waals surface area contributed by atoms with Crippen molar-refractivity contribution in [2.45, 2.75) is 33.2 Å². The number of ketones is 1. The van der Waals surface area contributed by atoms with Crippen molar-refractivity contribution in [3.63, 3.8) is 0 Å². The van der Waals surface area contributed by atoms with Crippen molar-refractivity contribution in [2.75, 3.05) is 0 Å². The van der Waals surface area contributed by atoms with Crippen LogP contribution in [0.5, 0.6) is 0 Å². The van der Waals surface area contributed by atoms with E-state index in [4.69, 9.17) is 0 Å². The third kappa shape index (κ3) is 2.32. The molecule has 4 nitrogen and oxygen atoms in total. The first kappa shape index (κ1) is 12.5. The van der Waals surface area contributed by atoms with E-state index in [2.05, 4.69) is 10.1 Å². The lowest BCUT2D eigenvalue weighted by Crippen LogP contribution is -2.21. The molecule has 0 saturated heterocycles. The van der Waals surface area contributed by atoms with Crippen LogP contribution in [0.25, 0.3) is 0 Å². The van der Waals surface area contributed by atoms with Crippen molar-refractivity contribution in [1.82, 2.24) is 14.8 Å². The Morgan fingerprint density at radius 2 is 1.94 bits per heavy atom. The number of hydrogen-bond donors (Lipinski definition) is 0. The largest absolute Gasteiger partial charge is 0.292 e. The molecule has 0 spiro atoms. The van der Waals surface area contributed by atoms with Gasteiger partial charge in [0.1, 0.15) is 17.7 Å². The van der Waals surface area contributed by atoms with E-state index in [1.807, 2.05) is 51.1 Å². The second kappa shape index (κ2) is 5.12. The summed E-state index contributed by atoms with van der Waals surface area (Å²) in [5.74, 6) is 1.57. The van der Waals surface area contributed by atoms with Crippen LogP contribution in [0.3, 0.4) is 0 Å². The zero-order chi connectivity index (χ0) is 13.1. The zero-order valence-electron chi connectivity index (χ0n) is 10.9. The molecule has 4 heteroatoms. The minimum absolute atomic E-state index is 0.0890. The van der Waals surface area contributed by atoms with Crippen molar-refractivity contribution in [3.05, 3.63) is 47.5 Å². The van der Waals surface area contributed by atoms with Gasteiger partial charge in [0.15, 0.2) is 5.78 Å². The van der Waals surface area contributed by atoms with Gasteiger partial charge < -0.3 is 0 Å². The lowest BCUT2D eigenvalue weighted by Gasteiger charge is -2.15. The van der Waals surface area contributed by atoms with E-state index in [-0.39, 0.29) is 11.8 Å². The molecule has 0 N–H and O–H groups in total. The third-order valence-electron chi connectivity index (χ3n) is 2.95. The van der Waals surface area contributed by atoms with Crippen LogP contribution in [-0.4, -0.2) is 20.5 Å². The Labute approximate surface area is 107 Å². The Morgan fingerprint density at radius 3 is 2.44 bits per heavy atom. The molecule has 0 bridgehead atoms. The molecule has 1 unspecified atom stereocenters. The van der Waals surface area contributed by atoms with Crippen molar-refractivity contribution in [2.24, 2.45) is 0 Å². The first-order chi connectivity index (χ1) is 8.63. The Balaban J connectivity index is 2.35. The fourth-order valence-electron chi connectivity index (χ4n) is 2.10. The molecule has 1 atom stereocenters. The maximum Gasteiger partial charge on any atom is 0.187 e. The van der Waals surface area contributed by atoms with Gasteiger partial charge in [-0.15, -0.1) is 0 Å². The number of hydrogen-bond acceptors (Lipinski definition) is 3. The van der Waals surface area contributed by atoms with E-state index in [0.717, 1.165) is 11.4 Å². The third-order valence-corrected chi connectivity index (χ3v) is 2.95. The molecule has 0 aliphatic heterocycles. The molecule has 0 fully saturated rings. The average Bonchev–Trinajstić information content (AvgIpc) is 2.70. The number of carbonyl (C=O) groups is 1. The van der Waals surface area contributed by atoms with E-state index in [9.17, 15) is 4.79 Å². The summed E-state index contributed by atoms with van der Waals surface area (Å²) in [6, 6.07) is 9.06. The van der Waals surface area contributed by atoms with Crippen LogP contribution in [0, 0.1) is 13.8 Å². The van der Waals surface area contributed by atoms with Crippen molar-refractivity contribution in [1.29, 1.82) is 0 Å². The molecule has 2 aromatic rings. The highest BCUT2D eigenvalue weighted by Crippen LogP contribution is 2.18. The molecule has 0 aliphatic carbocycles. The summed E-state index contributed by atoms with van der Waals surface area (Å²) >= 11 is 0. The second-order valence-corrected chi connectivity index (χ2v) is 4.31. The van der Waals surface area contributed by atoms with Crippen molar-refractivity contribution < 1.29 is 4.79 Å². The highest BCUT2D eigenvalue weighted by molar-refractivity contribution is 5.98. The number of benzene rings is 1. The van der Waals surface area contributed by atoms with Crippen LogP contribution >= 0.6 is 0 Å². The Morgan fingerprint density at radius 1 is 1.28 bits per heavy atom. The lowest BCUT2D eigenvalue weighted by atomic mass is 10.0. The summed E-state index contributed by atoms with van der Waals surface area (Å²) in [4.78, 5) is 16.7. The van der Waals surface area contributed by atoms with E-state index >= 15 is 0 Å². The highest BCUT2D eigenvalue weighted by atomic mass is 16.1. The van der Waals surface area contributed by atoms with Crippen LogP contribution < -0.4 is 0 Å². The van der Waals surface area contributed by atoms with Crippen LogP contribution in [0.2, 0.25) is 0 Å². The van der Waals surface area contributed by atoms with Crippen molar-refractivity contribution in [3.8, 4) is 0 Å². The molecule has 1 aromatic heterocycles. The van der Waals surface area contributed by atoms with Gasteiger partial charge in [0.2, 0.25) is 0 Å². The van der Waals surface area contributed by atoms with Gasteiger partial charge in [-0.1, -0.05) is 37.3 Å². The minimum atomic E-state index is -0.270. The predicted molar refractivity (Wildman–Crippen MR) is 69.6 cm³/mol. The number of rotatable bonds is 4. The molecular weight excluding hydrogens is 226 g/mol. The molecule has 1 aromatic carbocycles. The van der Waals surface area contributed by atoms with Gasteiger partial charge in [0.05, 0.1) is 0 Å². The standard InChI is InChI=1S/C14H17N3O/c1-4-13(17-11(3)15-10(2)16-17)14(18)12-8-6-5-7-9-12/h5-9,13H,4H2,1-3H3. The van der Waals surface area contributed by atoms with Crippen LogP contribution in [0.1, 0.15) is 41.4 Å². The number of nitrogens with zero attached hydrogens (tertiary/aromatic N) is 3. The molecule has 0 aliphatic rings. The number of carbonyl (C=O) groups excluding carboxylic acids is 1. The molecule has 94 valence electrons. The van der Waals surface area contributed by atoms with Crippen LogP contribution in [-0.2, 0) is 0 Å². The minimum Gasteiger partial charge on any atom is -0.292 e. The van der Waals surface area contributed by atoms with Gasteiger partial charge in [-0.2, -0.15) is 5.10 Å². The Kier molecular flexibility index (Phi) is 3.55. The molecule has 2 rings (SSSR count). The van der Waals surface area contributed by atoms with E-state index in [1.54, 1.807) is 4.68 Å². The topological polar surface area (TPSA) is 47.8 Å². The lowest BCUT2D eigenvalue weighted by molar-refractivity contribution is 0.0912. The monoisotopic (exact) mass is 243 g/mol. The average molecular weight is 243 g/mol. The van der Waals surface area contributed by atoms with Crippen molar-refractivity contribution >= 4 is 5.78 Å². The molecule has 0 saturated carbocycles.